The van der Waals surface area contributed by atoms with E-state index in [9.17, 15) is 4.79 Å². The maximum atomic E-state index is 12.3. The van der Waals surface area contributed by atoms with Gasteiger partial charge in [0.25, 0.3) is 0 Å². The first-order valence-electron chi connectivity index (χ1n) is 8.37. The zero-order valence-electron chi connectivity index (χ0n) is 13.6. The summed E-state index contributed by atoms with van der Waals surface area (Å²) in [6, 6.07) is 11.1. The number of fused-ring (bicyclic) bond motifs is 1. The lowest BCUT2D eigenvalue weighted by atomic mass is 9.82. The van der Waals surface area contributed by atoms with Crippen molar-refractivity contribution < 1.29 is 9.53 Å². The fraction of sp³-hybridized carbons (Fsp3) is 0.368. The number of esters is 1. The third-order valence-electron chi connectivity index (χ3n) is 4.85. The molecule has 0 atom stereocenters. The SMILES string of the molecule is N=C(N)c1ccc2cc(OC(=O)C3CCC(CN)CC3)ccc2c1. The molecule has 1 aliphatic carbocycles. The van der Waals surface area contributed by atoms with Crippen LogP contribution in [0.1, 0.15) is 31.2 Å². The van der Waals surface area contributed by atoms with Gasteiger partial charge in [-0.1, -0.05) is 18.2 Å². The molecule has 24 heavy (non-hydrogen) atoms. The topological polar surface area (TPSA) is 102 Å². The Morgan fingerprint density at radius 1 is 1.08 bits per heavy atom. The standard InChI is InChI=1S/C19H23N3O2/c20-11-12-1-3-13(4-2-12)19(23)24-17-8-7-14-9-16(18(21)22)6-5-15(14)10-17/h5-10,12-13H,1-4,11,20H2,(H3,21,22). The predicted molar refractivity (Wildman–Crippen MR) is 95.1 cm³/mol. The molecule has 126 valence electrons. The minimum absolute atomic E-state index is 0.0245. The van der Waals surface area contributed by atoms with E-state index < -0.39 is 0 Å². The van der Waals surface area contributed by atoms with E-state index in [1.807, 2.05) is 24.3 Å². The second-order valence-corrected chi connectivity index (χ2v) is 6.51. The largest absolute Gasteiger partial charge is 0.426 e. The van der Waals surface area contributed by atoms with Gasteiger partial charge in [0, 0.05) is 5.56 Å². The van der Waals surface area contributed by atoms with Crippen molar-refractivity contribution in [2.45, 2.75) is 25.7 Å². The minimum atomic E-state index is -0.148. The molecular weight excluding hydrogens is 302 g/mol. The van der Waals surface area contributed by atoms with Crippen LogP contribution >= 0.6 is 0 Å². The summed E-state index contributed by atoms with van der Waals surface area (Å²) in [6.45, 7) is 0.703. The van der Waals surface area contributed by atoms with Crippen LogP contribution in [-0.4, -0.2) is 18.3 Å². The van der Waals surface area contributed by atoms with Crippen molar-refractivity contribution in [2.75, 3.05) is 6.54 Å². The minimum Gasteiger partial charge on any atom is -0.426 e. The number of nitrogens with two attached hydrogens (primary N) is 2. The molecule has 1 saturated carbocycles. The molecule has 0 spiro atoms. The Hall–Kier alpha value is -2.40. The maximum absolute atomic E-state index is 12.3. The summed E-state index contributed by atoms with van der Waals surface area (Å²) in [5.74, 6) is 0.975. The van der Waals surface area contributed by atoms with Crippen molar-refractivity contribution in [3.8, 4) is 5.75 Å². The molecule has 2 aromatic carbocycles. The molecule has 0 bridgehead atoms. The van der Waals surface area contributed by atoms with Gasteiger partial charge in [-0.2, -0.15) is 0 Å². The molecule has 1 fully saturated rings. The number of rotatable bonds is 4. The Morgan fingerprint density at radius 3 is 2.42 bits per heavy atom. The Morgan fingerprint density at radius 2 is 1.75 bits per heavy atom. The van der Waals surface area contributed by atoms with Crippen molar-refractivity contribution in [3.63, 3.8) is 0 Å². The molecule has 3 rings (SSSR count). The molecule has 0 amide bonds. The van der Waals surface area contributed by atoms with Crippen LogP contribution in [0.5, 0.6) is 5.75 Å². The molecule has 5 heteroatoms. The summed E-state index contributed by atoms with van der Waals surface area (Å²) >= 11 is 0. The number of hydrogen-bond acceptors (Lipinski definition) is 4. The highest BCUT2D eigenvalue weighted by Gasteiger charge is 2.27. The average Bonchev–Trinajstić information content (AvgIpc) is 2.61. The van der Waals surface area contributed by atoms with Gasteiger partial charge in [0.05, 0.1) is 5.92 Å². The van der Waals surface area contributed by atoms with Crippen molar-refractivity contribution >= 4 is 22.6 Å². The number of carbonyl (C=O) groups is 1. The van der Waals surface area contributed by atoms with Gasteiger partial charge < -0.3 is 16.2 Å². The third-order valence-corrected chi connectivity index (χ3v) is 4.85. The van der Waals surface area contributed by atoms with E-state index in [4.69, 9.17) is 21.6 Å². The zero-order valence-corrected chi connectivity index (χ0v) is 13.6. The molecule has 5 N–H and O–H groups in total. The van der Waals surface area contributed by atoms with Gasteiger partial charge in [0.1, 0.15) is 11.6 Å². The van der Waals surface area contributed by atoms with Gasteiger partial charge in [0.15, 0.2) is 0 Å². The highest BCUT2D eigenvalue weighted by molar-refractivity contribution is 5.99. The van der Waals surface area contributed by atoms with Crippen molar-refractivity contribution in [1.29, 1.82) is 5.41 Å². The van der Waals surface area contributed by atoms with Crippen LogP contribution in [0.4, 0.5) is 0 Å². The smallest absolute Gasteiger partial charge is 0.314 e. The van der Waals surface area contributed by atoms with Crippen LogP contribution in [0.2, 0.25) is 0 Å². The van der Waals surface area contributed by atoms with Crippen LogP contribution in [0.25, 0.3) is 10.8 Å². The molecule has 0 radical (unpaired) electrons. The highest BCUT2D eigenvalue weighted by atomic mass is 16.5. The Balaban J connectivity index is 1.70. The van der Waals surface area contributed by atoms with Crippen LogP contribution in [0.3, 0.4) is 0 Å². The van der Waals surface area contributed by atoms with Crippen molar-refractivity contribution in [3.05, 3.63) is 42.0 Å². The first-order valence-corrected chi connectivity index (χ1v) is 8.37. The summed E-state index contributed by atoms with van der Waals surface area (Å²) in [5.41, 5.74) is 11.9. The van der Waals surface area contributed by atoms with E-state index >= 15 is 0 Å². The first kappa shape index (κ1) is 16.5. The number of hydrogen-bond donors (Lipinski definition) is 3. The highest BCUT2D eigenvalue weighted by Crippen LogP contribution is 2.30. The molecule has 0 unspecified atom stereocenters. The molecule has 1 aliphatic rings. The summed E-state index contributed by atoms with van der Waals surface area (Å²) in [5, 5.41) is 9.41. The van der Waals surface area contributed by atoms with Crippen molar-refractivity contribution in [2.24, 2.45) is 23.3 Å². The van der Waals surface area contributed by atoms with Crippen LogP contribution in [0, 0.1) is 17.2 Å². The van der Waals surface area contributed by atoms with Gasteiger partial charge >= 0.3 is 5.97 Å². The van der Waals surface area contributed by atoms with Crippen LogP contribution in [-0.2, 0) is 4.79 Å². The van der Waals surface area contributed by atoms with E-state index in [-0.39, 0.29) is 17.7 Å². The summed E-state index contributed by atoms with van der Waals surface area (Å²) in [4.78, 5) is 12.3. The molecule has 0 heterocycles. The monoisotopic (exact) mass is 325 g/mol. The van der Waals surface area contributed by atoms with E-state index in [1.54, 1.807) is 12.1 Å². The van der Waals surface area contributed by atoms with Crippen LogP contribution in [0.15, 0.2) is 36.4 Å². The molecule has 5 nitrogen and oxygen atoms in total. The van der Waals surface area contributed by atoms with Gasteiger partial charge in [-0.3, -0.25) is 10.2 Å². The van der Waals surface area contributed by atoms with Gasteiger partial charge in [-0.15, -0.1) is 0 Å². The summed E-state index contributed by atoms with van der Waals surface area (Å²) in [7, 11) is 0. The number of benzene rings is 2. The second-order valence-electron chi connectivity index (χ2n) is 6.51. The van der Waals surface area contributed by atoms with Crippen LogP contribution < -0.4 is 16.2 Å². The average molecular weight is 325 g/mol. The van der Waals surface area contributed by atoms with Gasteiger partial charge in [0.2, 0.25) is 0 Å². The number of ether oxygens (including phenoxy) is 1. The molecule has 0 aromatic heterocycles. The molecule has 0 aliphatic heterocycles. The first-order chi connectivity index (χ1) is 11.6. The number of nitrogens with one attached hydrogen (secondary N) is 1. The Bertz CT molecular complexity index is 764. The van der Waals surface area contributed by atoms with Gasteiger partial charge in [-0.05, 0) is 67.1 Å². The lowest BCUT2D eigenvalue weighted by molar-refractivity contribution is -0.140. The maximum Gasteiger partial charge on any atom is 0.314 e. The number of nitrogen functional groups attached to an aromatic ring is 1. The second kappa shape index (κ2) is 7.01. The van der Waals surface area contributed by atoms with E-state index in [1.165, 1.54) is 0 Å². The number of carbonyl (C=O) groups excluding carboxylic acids is 1. The summed E-state index contributed by atoms with van der Waals surface area (Å²) < 4.78 is 5.57. The Labute approximate surface area is 141 Å². The van der Waals surface area contributed by atoms with Crippen molar-refractivity contribution in [1.82, 2.24) is 0 Å². The van der Waals surface area contributed by atoms with E-state index in [2.05, 4.69) is 0 Å². The zero-order chi connectivity index (χ0) is 17.1. The molecular formula is C19H23N3O2. The predicted octanol–water partition coefficient (Wildman–Crippen LogP) is 2.79. The third kappa shape index (κ3) is 3.57. The lowest BCUT2D eigenvalue weighted by Gasteiger charge is -2.26. The number of amidine groups is 1. The van der Waals surface area contributed by atoms with E-state index in [0.29, 0.717) is 23.8 Å². The Kier molecular flexibility index (Phi) is 4.81. The quantitative estimate of drug-likeness (QED) is 0.348. The summed E-state index contributed by atoms with van der Waals surface area (Å²) in [6.07, 6.45) is 3.72. The molecule has 2 aromatic rings. The molecule has 0 saturated heterocycles. The normalized spacial score (nSPS) is 20.7. The fourth-order valence-electron chi connectivity index (χ4n) is 3.29. The van der Waals surface area contributed by atoms with Gasteiger partial charge in [-0.25, -0.2) is 0 Å². The lowest BCUT2D eigenvalue weighted by Crippen LogP contribution is -2.28. The fourth-order valence-corrected chi connectivity index (χ4v) is 3.29. The van der Waals surface area contributed by atoms with E-state index in [0.717, 1.165) is 36.5 Å².